The lowest BCUT2D eigenvalue weighted by Gasteiger charge is -2.15. The van der Waals surface area contributed by atoms with E-state index in [9.17, 15) is 4.79 Å². The maximum atomic E-state index is 13.0. The maximum Gasteiger partial charge on any atom is 0.203 e. The molecule has 0 amide bonds. The average molecular weight is 362 g/mol. The van der Waals surface area contributed by atoms with Gasteiger partial charge in [0, 0.05) is 11.1 Å². The molecule has 2 aromatic carbocycles. The fourth-order valence-corrected chi connectivity index (χ4v) is 2.59. The Bertz CT molecular complexity index is 683. The highest BCUT2D eigenvalue weighted by atomic mass is 16.5. The summed E-state index contributed by atoms with van der Waals surface area (Å²) in [7, 11) is 8.97. The quantitative estimate of drug-likeness (QED) is 0.669. The largest absolute Gasteiger partial charge is 0.493 e. The Hall–Kier alpha value is -3.09. The molecular formula is C19H22O7. The monoisotopic (exact) mass is 362 g/mol. The van der Waals surface area contributed by atoms with Crippen molar-refractivity contribution in [2.45, 2.75) is 0 Å². The Kier molecular flexibility index (Phi) is 6.16. The van der Waals surface area contributed by atoms with Crippen LogP contribution in [0, 0.1) is 0 Å². The van der Waals surface area contributed by atoms with Crippen LogP contribution in [0.1, 0.15) is 15.9 Å². The molecule has 140 valence electrons. The summed E-state index contributed by atoms with van der Waals surface area (Å²) in [5, 5.41) is 0. The summed E-state index contributed by atoms with van der Waals surface area (Å²) in [5.41, 5.74) is 0.738. The molecule has 0 fully saturated rings. The minimum absolute atomic E-state index is 0.261. The van der Waals surface area contributed by atoms with Gasteiger partial charge < -0.3 is 28.4 Å². The van der Waals surface area contributed by atoms with Crippen LogP contribution in [-0.2, 0) is 0 Å². The smallest absolute Gasteiger partial charge is 0.203 e. The first-order chi connectivity index (χ1) is 12.5. The summed E-state index contributed by atoms with van der Waals surface area (Å²) < 4.78 is 31.8. The van der Waals surface area contributed by atoms with E-state index in [-0.39, 0.29) is 5.78 Å². The molecule has 0 saturated heterocycles. The minimum atomic E-state index is -0.261. The molecule has 0 spiro atoms. The summed E-state index contributed by atoms with van der Waals surface area (Å²) in [5.74, 6) is 2.13. The molecule has 0 saturated carbocycles. The van der Waals surface area contributed by atoms with Gasteiger partial charge in [-0.1, -0.05) is 0 Å². The number of benzene rings is 2. The van der Waals surface area contributed by atoms with Crippen molar-refractivity contribution in [2.75, 3.05) is 42.7 Å². The van der Waals surface area contributed by atoms with E-state index in [0.29, 0.717) is 45.6 Å². The van der Waals surface area contributed by atoms with Crippen LogP contribution in [0.2, 0.25) is 0 Å². The second-order valence-electron chi connectivity index (χ2n) is 5.16. The molecule has 0 aliphatic heterocycles. The molecule has 0 aliphatic carbocycles. The molecular weight excluding hydrogens is 340 g/mol. The topological polar surface area (TPSA) is 72.5 Å². The first kappa shape index (κ1) is 19.2. The summed E-state index contributed by atoms with van der Waals surface area (Å²) in [6.45, 7) is 0. The molecule has 0 atom stereocenters. The highest BCUT2D eigenvalue weighted by Gasteiger charge is 2.21. The van der Waals surface area contributed by atoms with E-state index < -0.39 is 0 Å². The van der Waals surface area contributed by atoms with Gasteiger partial charge in [-0.3, -0.25) is 4.79 Å². The van der Waals surface area contributed by atoms with E-state index in [0.717, 1.165) is 0 Å². The summed E-state index contributed by atoms with van der Waals surface area (Å²) >= 11 is 0. The van der Waals surface area contributed by atoms with Crippen LogP contribution >= 0.6 is 0 Å². The van der Waals surface area contributed by atoms with Gasteiger partial charge in [0.1, 0.15) is 0 Å². The number of ether oxygens (including phenoxy) is 6. The highest BCUT2D eigenvalue weighted by molar-refractivity contribution is 6.10. The second kappa shape index (κ2) is 8.33. The van der Waals surface area contributed by atoms with Crippen LogP contribution in [0.4, 0.5) is 0 Å². The molecule has 2 aromatic rings. The van der Waals surface area contributed by atoms with Crippen molar-refractivity contribution in [3.8, 4) is 34.5 Å². The van der Waals surface area contributed by atoms with Gasteiger partial charge >= 0.3 is 0 Å². The normalized spacial score (nSPS) is 10.1. The predicted octanol–water partition coefficient (Wildman–Crippen LogP) is 2.97. The standard InChI is InChI=1S/C19H22O7/c1-21-13-7-11(8-14(22-2)18(13)25-5)17(20)12-9-15(23-3)19(26-6)16(10-12)24-4/h7-10H,1-6H3. The van der Waals surface area contributed by atoms with Crippen molar-refractivity contribution < 1.29 is 33.2 Å². The van der Waals surface area contributed by atoms with Crippen molar-refractivity contribution in [2.24, 2.45) is 0 Å². The van der Waals surface area contributed by atoms with Gasteiger partial charge in [0.05, 0.1) is 42.7 Å². The second-order valence-corrected chi connectivity index (χ2v) is 5.16. The first-order valence-corrected chi connectivity index (χ1v) is 7.69. The van der Waals surface area contributed by atoms with E-state index in [1.165, 1.54) is 42.7 Å². The third-order valence-electron chi connectivity index (χ3n) is 3.85. The lowest BCUT2D eigenvalue weighted by atomic mass is 10.0. The SMILES string of the molecule is COc1cc(C(=O)c2cc(OC)c(OC)c(OC)c2)cc(OC)c1OC. The first-order valence-electron chi connectivity index (χ1n) is 7.69. The Balaban J connectivity index is 2.59. The summed E-state index contributed by atoms with van der Waals surface area (Å²) in [4.78, 5) is 13.0. The Morgan fingerprint density at radius 3 is 1.00 bits per heavy atom. The number of carbonyl (C=O) groups is 1. The van der Waals surface area contributed by atoms with Crippen LogP contribution in [-0.4, -0.2) is 48.4 Å². The van der Waals surface area contributed by atoms with Crippen LogP contribution < -0.4 is 28.4 Å². The molecule has 0 aromatic heterocycles. The molecule has 0 heterocycles. The Morgan fingerprint density at radius 2 is 0.808 bits per heavy atom. The van der Waals surface area contributed by atoms with E-state index in [4.69, 9.17) is 28.4 Å². The lowest BCUT2D eigenvalue weighted by molar-refractivity contribution is 0.103. The number of ketones is 1. The van der Waals surface area contributed by atoms with Crippen molar-refractivity contribution in [3.63, 3.8) is 0 Å². The van der Waals surface area contributed by atoms with Gasteiger partial charge in [0.2, 0.25) is 11.5 Å². The van der Waals surface area contributed by atoms with Crippen molar-refractivity contribution >= 4 is 5.78 Å². The van der Waals surface area contributed by atoms with Crippen LogP contribution in [0.5, 0.6) is 34.5 Å². The highest BCUT2D eigenvalue weighted by Crippen LogP contribution is 2.41. The van der Waals surface area contributed by atoms with Gasteiger partial charge in [-0.2, -0.15) is 0 Å². The molecule has 7 nitrogen and oxygen atoms in total. The van der Waals surface area contributed by atoms with Crippen molar-refractivity contribution in [3.05, 3.63) is 35.4 Å². The molecule has 0 bridgehead atoms. The van der Waals surface area contributed by atoms with E-state index in [1.54, 1.807) is 24.3 Å². The fourth-order valence-electron chi connectivity index (χ4n) is 2.59. The number of carbonyl (C=O) groups excluding carboxylic acids is 1. The molecule has 0 N–H and O–H groups in total. The van der Waals surface area contributed by atoms with Crippen LogP contribution in [0.3, 0.4) is 0 Å². The lowest BCUT2D eigenvalue weighted by Crippen LogP contribution is -2.06. The average Bonchev–Trinajstić information content (AvgIpc) is 2.70. The predicted molar refractivity (Wildman–Crippen MR) is 95.6 cm³/mol. The third-order valence-corrected chi connectivity index (χ3v) is 3.85. The van der Waals surface area contributed by atoms with Crippen molar-refractivity contribution in [1.82, 2.24) is 0 Å². The van der Waals surface area contributed by atoms with Gasteiger partial charge in [-0.05, 0) is 24.3 Å². The van der Waals surface area contributed by atoms with Gasteiger partial charge in [0.25, 0.3) is 0 Å². The minimum Gasteiger partial charge on any atom is -0.493 e. The number of rotatable bonds is 8. The summed E-state index contributed by atoms with van der Waals surface area (Å²) in [6.07, 6.45) is 0. The molecule has 26 heavy (non-hydrogen) atoms. The van der Waals surface area contributed by atoms with Crippen LogP contribution in [0.25, 0.3) is 0 Å². The van der Waals surface area contributed by atoms with E-state index in [2.05, 4.69) is 0 Å². The number of hydrogen-bond donors (Lipinski definition) is 0. The summed E-state index contributed by atoms with van der Waals surface area (Å²) in [6, 6.07) is 6.36. The molecule has 2 rings (SSSR count). The van der Waals surface area contributed by atoms with E-state index >= 15 is 0 Å². The zero-order valence-corrected chi connectivity index (χ0v) is 15.7. The van der Waals surface area contributed by atoms with Crippen LogP contribution in [0.15, 0.2) is 24.3 Å². The number of methoxy groups -OCH3 is 6. The van der Waals surface area contributed by atoms with Gasteiger partial charge in [-0.25, -0.2) is 0 Å². The number of hydrogen-bond acceptors (Lipinski definition) is 7. The third kappa shape index (κ3) is 3.46. The van der Waals surface area contributed by atoms with Crippen molar-refractivity contribution in [1.29, 1.82) is 0 Å². The maximum absolute atomic E-state index is 13.0. The van der Waals surface area contributed by atoms with Gasteiger partial charge in [-0.15, -0.1) is 0 Å². The van der Waals surface area contributed by atoms with Gasteiger partial charge in [0.15, 0.2) is 28.8 Å². The molecule has 0 unspecified atom stereocenters. The Morgan fingerprint density at radius 1 is 0.538 bits per heavy atom. The Labute approximate surface area is 152 Å². The zero-order chi connectivity index (χ0) is 19.3. The molecule has 0 aliphatic rings. The fraction of sp³-hybridized carbons (Fsp3) is 0.316. The molecule has 0 radical (unpaired) electrons. The zero-order valence-electron chi connectivity index (χ0n) is 15.7. The molecule has 7 heteroatoms. The van der Waals surface area contributed by atoms with E-state index in [1.807, 2.05) is 0 Å².